The van der Waals surface area contributed by atoms with E-state index in [1.165, 1.54) is 0 Å². The summed E-state index contributed by atoms with van der Waals surface area (Å²) in [6.45, 7) is 5.83. The van der Waals surface area contributed by atoms with Crippen LogP contribution in [0.2, 0.25) is 0 Å². The van der Waals surface area contributed by atoms with Crippen molar-refractivity contribution in [3.05, 3.63) is 12.2 Å². The molecule has 0 unspecified atom stereocenters. The zero-order chi connectivity index (χ0) is 7.98. The molecule has 10 heavy (non-hydrogen) atoms. The van der Waals surface area contributed by atoms with Crippen molar-refractivity contribution in [2.24, 2.45) is 10.9 Å². The first-order valence-corrected chi connectivity index (χ1v) is 3.42. The number of aliphatic imine (C=N–C) groups is 1. The van der Waals surface area contributed by atoms with E-state index in [1.807, 2.05) is 32.9 Å². The number of allylic oxidation sites excluding steroid dienone is 2. The highest BCUT2D eigenvalue weighted by Crippen LogP contribution is 1.94. The maximum Gasteiger partial charge on any atom is 0.122 e. The number of amidine groups is 1. The summed E-state index contributed by atoms with van der Waals surface area (Å²) >= 11 is 0. The third kappa shape index (κ3) is 4.01. The average molecular weight is 138 g/mol. The summed E-state index contributed by atoms with van der Waals surface area (Å²) in [5.41, 5.74) is 0. The van der Waals surface area contributed by atoms with E-state index in [0.29, 0.717) is 5.84 Å². The van der Waals surface area contributed by atoms with Gasteiger partial charge in [0.2, 0.25) is 0 Å². The molecule has 0 amide bonds. The average Bonchev–Trinajstić information content (AvgIpc) is 1.88. The van der Waals surface area contributed by atoms with Crippen LogP contribution in [0.25, 0.3) is 0 Å². The maximum atomic E-state index is 7.29. The largest absolute Gasteiger partial charge is 0.286 e. The number of nitrogens with zero attached hydrogens (tertiary/aromatic N) is 1. The van der Waals surface area contributed by atoms with E-state index < -0.39 is 0 Å². The molecule has 0 bridgehead atoms. The van der Waals surface area contributed by atoms with E-state index in [0.717, 1.165) is 0 Å². The molecule has 0 saturated heterocycles. The molecule has 0 aromatic heterocycles. The van der Waals surface area contributed by atoms with E-state index >= 15 is 0 Å². The summed E-state index contributed by atoms with van der Waals surface area (Å²) in [5, 5.41) is 7.29. The van der Waals surface area contributed by atoms with Crippen molar-refractivity contribution in [1.29, 1.82) is 5.41 Å². The fourth-order valence-corrected chi connectivity index (χ4v) is 0.358. The highest BCUT2D eigenvalue weighted by atomic mass is 14.8. The summed E-state index contributed by atoms with van der Waals surface area (Å²) in [7, 11) is 0. The molecule has 0 aliphatic heterocycles. The molecule has 0 spiro atoms. The van der Waals surface area contributed by atoms with Gasteiger partial charge >= 0.3 is 0 Å². The third-order valence-corrected chi connectivity index (χ3v) is 1.04. The van der Waals surface area contributed by atoms with Crippen molar-refractivity contribution >= 4 is 12.1 Å². The first-order chi connectivity index (χ1) is 4.68. The Morgan fingerprint density at radius 3 is 2.50 bits per heavy atom. The van der Waals surface area contributed by atoms with Gasteiger partial charge in [0.25, 0.3) is 0 Å². The standard InChI is InChI=1S/C8H14N2/c1-4-5-6-10-8(9)7(2)3/h4-7,9H,1-3H3/b5-4-,9-8?,10-6-. The first-order valence-electron chi connectivity index (χ1n) is 3.42. The molecule has 0 fully saturated rings. The molecule has 1 N–H and O–H groups in total. The van der Waals surface area contributed by atoms with Crippen LogP contribution in [0, 0.1) is 11.3 Å². The van der Waals surface area contributed by atoms with Gasteiger partial charge in [0.15, 0.2) is 0 Å². The molecule has 0 aromatic carbocycles. The van der Waals surface area contributed by atoms with E-state index in [9.17, 15) is 0 Å². The minimum absolute atomic E-state index is 0.224. The maximum absolute atomic E-state index is 7.29. The molecule has 0 aliphatic rings. The van der Waals surface area contributed by atoms with Gasteiger partial charge in [-0.3, -0.25) is 5.41 Å². The van der Waals surface area contributed by atoms with Crippen LogP contribution in [0.5, 0.6) is 0 Å². The lowest BCUT2D eigenvalue weighted by molar-refractivity contribution is 0.866. The molecular weight excluding hydrogens is 124 g/mol. The summed E-state index contributed by atoms with van der Waals surface area (Å²) < 4.78 is 0. The van der Waals surface area contributed by atoms with Crippen molar-refractivity contribution in [3.63, 3.8) is 0 Å². The Labute approximate surface area is 62.2 Å². The predicted octanol–water partition coefficient (Wildman–Crippen LogP) is 2.27. The van der Waals surface area contributed by atoms with Gasteiger partial charge in [-0.05, 0) is 13.0 Å². The lowest BCUT2D eigenvalue weighted by atomic mass is 10.2. The second-order valence-electron chi connectivity index (χ2n) is 2.34. The molecule has 2 nitrogen and oxygen atoms in total. The summed E-state index contributed by atoms with van der Waals surface area (Å²) in [5.74, 6) is 0.652. The molecule has 0 rings (SSSR count). The van der Waals surface area contributed by atoms with Crippen molar-refractivity contribution < 1.29 is 0 Å². The van der Waals surface area contributed by atoms with Gasteiger partial charge in [0.05, 0.1) is 0 Å². The smallest absolute Gasteiger partial charge is 0.122 e. The van der Waals surface area contributed by atoms with Crippen LogP contribution in [0.4, 0.5) is 0 Å². The van der Waals surface area contributed by atoms with E-state index in [2.05, 4.69) is 4.99 Å². The lowest BCUT2D eigenvalue weighted by Gasteiger charge is -1.97. The van der Waals surface area contributed by atoms with Crippen molar-refractivity contribution in [2.75, 3.05) is 0 Å². The van der Waals surface area contributed by atoms with E-state index in [4.69, 9.17) is 5.41 Å². The van der Waals surface area contributed by atoms with Crippen LogP contribution in [0.3, 0.4) is 0 Å². The molecule has 0 atom stereocenters. The molecular formula is C8H14N2. The van der Waals surface area contributed by atoms with Crippen molar-refractivity contribution in [2.45, 2.75) is 20.8 Å². The molecule has 0 radical (unpaired) electrons. The Bertz CT molecular complexity index is 155. The number of hydrogen-bond acceptors (Lipinski definition) is 1. The molecule has 0 saturated carbocycles. The van der Waals surface area contributed by atoms with Gasteiger partial charge in [-0.15, -0.1) is 0 Å². The number of rotatable bonds is 2. The van der Waals surface area contributed by atoms with Gasteiger partial charge in [-0.2, -0.15) is 0 Å². The highest BCUT2D eigenvalue weighted by Gasteiger charge is 1.96. The van der Waals surface area contributed by atoms with Gasteiger partial charge in [0, 0.05) is 12.1 Å². The van der Waals surface area contributed by atoms with Gasteiger partial charge in [0.1, 0.15) is 5.84 Å². The van der Waals surface area contributed by atoms with Gasteiger partial charge < -0.3 is 0 Å². The van der Waals surface area contributed by atoms with Crippen LogP contribution in [-0.4, -0.2) is 12.1 Å². The molecule has 0 heterocycles. The van der Waals surface area contributed by atoms with Crippen molar-refractivity contribution in [3.8, 4) is 0 Å². The first kappa shape index (κ1) is 9.08. The van der Waals surface area contributed by atoms with E-state index in [1.54, 1.807) is 6.21 Å². The molecule has 0 aromatic rings. The van der Waals surface area contributed by atoms with Crippen molar-refractivity contribution in [1.82, 2.24) is 0 Å². The number of nitrogens with one attached hydrogen (secondary N) is 1. The zero-order valence-corrected chi connectivity index (χ0v) is 6.76. The van der Waals surface area contributed by atoms with Crippen LogP contribution in [0.15, 0.2) is 17.1 Å². The summed E-state index contributed by atoms with van der Waals surface area (Å²) in [6, 6.07) is 0. The Morgan fingerprint density at radius 2 is 2.10 bits per heavy atom. The Hall–Kier alpha value is -0.920. The lowest BCUT2D eigenvalue weighted by Crippen LogP contribution is -2.01. The van der Waals surface area contributed by atoms with Gasteiger partial charge in [-0.25, -0.2) is 4.99 Å². The summed E-state index contributed by atoms with van der Waals surface area (Å²) in [6.07, 6.45) is 5.34. The minimum atomic E-state index is 0.224. The monoisotopic (exact) mass is 138 g/mol. The number of hydrogen-bond donors (Lipinski definition) is 1. The topological polar surface area (TPSA) is 36.2 Å². The van der Waals surface area contributed by atoms with Crippen LogP contribution in [-0.2, 0) is 0 Å². The molecule has 2 heteroatoms. The Kier molecular flexibility index (Phi) is 4.46. The summed E-state index contributed by atoms with van der Waals surface area (Å²) in [4.78, 5) is 3.88. The Balaban J connectivity index is 3.78. The minimum Gasteiger partial charge on any atom is -0.286 e. The molecule has 0 aliphatic carbocycles. The quantitative estimate of drug-likeness (QED) is 0.449. The second kappa shape index (κ2) is 4.91. The highest BCUT2D eigenvalue weighted by molar-refractivity contribution is 5.91. The van der Waals surface area contributed by atoms with Crippen LogP contribution < -0.4 is 0 Å². The van der Waals surface area contributed by atoms with Crippen LogP contribution in [0.1, 0.15) is 20.8 Å². The Morgan fingerprint density at radius 1 is 1.50 bits per heavy atom. The van der Waals surface area contributed by atoms with E-state index in [-0.39, 0.29) is 5.92 Å². The fourth-order valence-electron chi connectivity index (χ4n) is 0.358. The normalized spacial score (nSPS) is 12.0. The second-order valence-corrected chi connectivity index (χ2v) is 2.34. The van der Waals surface area contributed by atoms with Crippen LogP contribution >= 0.6 is 0 Å². The molecule has 56 valence electrons. The predicted molar refractivity (Wildman–Crippen MR) is 45.9 cm³/mol. The SMILES string of the molecule is C/C=C\C=N/C(=N)C(C)C. The third-order valence-electron chi connectivity index (χ3n) is 1.04. The zero-order valence-electron chi connectivity index (χ0n) is 6.76. The van der Waals surface area contributed by atoms with Gasteiger partial charge in [-0.1, -0.05) is 19.9 Å². The fraction of sp³-hybridized carbons (Fsp3) is 0.500.